The van der Waals surface area contributed by atoms with Crippen molar-refractivity contribution in [2.24, 2.45) is 0 Å². The molecule has 4 aromatic rings. The van der Waals surface area contributed by atoms with Crippen molar-refractivity contribution in [3.8, 4) is 11.1 Å². The van der Waals surface area contributed by atoms with Gasteiger partial charge in [-0.15, -0.1) is 10.2 Å². The van der Waals surface area contributed by atoms with Crippen LogP contribution in [0.25, 0.3) is 16.8 Å². The summed E-state index contributed by atoms with van der Waals surface area (Å²) in [5.41, 5.74) is 7.05. The first-order chi connectivity index (χ1) is 14.0. The molecule has 5 nitrogen and oxygen atoms in total. The number of aromatic nitrogens is 4. The molecule has 0 fully saturated rings. The Labute approximate surface area is 173 Å². The van der Waals surface area contributed by atoms with Gasteiger partial charge in [-0.25, -0.2) is 4.52 Å². The molecule has 2 aromatic heterocycles. The second kappa shape index (κ2) is 6.78. The van der Waals surface area contributed by atoms with Crippen LogP contribution in [0.4, 0.5) is 0 Å². The number of benzene rings is 2. The Morgan fingerprint density at radius 2 is 1.83 bits per heavy atom. The molecule has 0 radical (unpaired) electrons. The van der Waals surface area contributed by atoms with E-state index in [0.717, 1.165) is 22.5 Å². The molecule has 0 saturated heterocycles. The van der Waals surface area contributed by atoms with Crippen LogP contribution in [-0.2, 0) is 6.42 Å². The highest BCUT2D eigenvalue weighted by Crippen LogP contribution is 2.34. The summed E-state index contributed by atoms with van der Waals surface area (Å²) in [5, 5.41) is 14.1. The molecule has 5 rings (SSSR count). The van der Waals surface area contributed by atoms with Crippen molar-refractivity contribution in [2.75, 3.05) is 0 Å². The molecule has 1 aliphatic rings. The molecule has 1 aliphatic carbocycles. The van der Waals surface area contributed by atoms with E-state index < -0.39 is 0 Å². The molecule has 29 heavy (non-hydrogen) atoms. The zero-order valence-corrected chi connectivity index (χ0v) is 16.9. The van der Waals surface area contributed by atoms with Crippen LogP contribution in [0, 0.1) is 13.8 Å². The molecule has 1 atom stereocenters. The minimum atomic E-state index is 0.0216. The van der Waals surface area contributed by atoms with Gasteiger partial charge in [0.05, 0.1) is 17.0 Å². The van der Waals surface area contributed by atoms with Crippen molar-refractivity contribution in [1.29, 1.82) is 0 Å². The van der Waals surface area contributed by atoms with E-state index in [1.54, 1.807) is 0 Å². The summed E-state index contributed by atoms with van der Waals surface area (Å²) in [4.78, 5) is 12.8. The zero-order chi connectivity index (χ0) is 20.1. The van der Waals surface area contributed by atoms with Crippen LogP contribution in [-0.4, -0.2) is 25.6 Å². The highest BCUT2D eigenvalue weighted by atomic mass is 35.5. The van der Waals surface area contributed by atoms with Crippen molar-refractivity contribution >= 4 is 23.0 Å². The number of halogens is 1. The average Bonchev–Trinajstić information content (AvgIpc) is 3.05. The number of ketones is 1. The predicted molar refractivity (Wildman–Crippen MR) is 113 cm³/mol. The van der Waals surface area contributed by atoms with Crippen LogP contribution in [0.3, 0.4) is 0 Å². The van der Waals surface area contributed by atoms with Gasteiger partial charge in [-0.3, -0.25) is 4.79 Å². The molecule has 6 heteroatoms. The van der Waals surface area contributed by atoms with Crippen LogP contribution in [0.5, 0.6) is 0 Å². The number of hydrogen-bond acceptors (Lipinski definition) is 4. The molecule has 0 bridgehead atoms. The van der Waals surface area contributed by atoms with Crippen LogP contribution >= 0.6 is 11.6 Å². The molecule has 0 unspecified atom stereocenters. The summed E-state index contributed by atoms with van der Waals surface area (Å²) in [6.07, 6.45) is 1.15. The number of carbonyl (C=O) groups is 1. The van der Waals surface area contributed by atoms with Crippen LogP contribution in [0.2, 0.25) is 5.02 Å². The van der Waals surface area contributed by atoms with Gasteiger partial charge in [0.25, 0.3) is 0 Å². The average molecular weight is 403 g/mol. The lowest BCUT2D eigenvalue weighted by Crippen LogP contribution is -2.24. The fourth-order valence-corrected chi connectivity index (χ4v) is 4.32. The number of rotatable bonds is 2. The van der Waals surface area contributed by atoms with Gasteiger partial charge in [0, 0.05) is 11.4 Å². The number of aryl methyl sites for hydroxylation is 2. The Morgan fingerprint density at radius 1 is 1.03 bits per heavy atom. The monoisotopic (exact) mass is 402 g/mol. The fraction of sp³-hybridized carbons (Fsp3) is 0.217. The summed E-state index contributed by atoms with van der Waals surface area (Å²) in [5.74, 6) is 0.138. The first-order valence-corrected chi connectivity index (χ1v) is 9.99. The number of hydrogen-bond donors (Lipinski definition) is 0. The minimum Gasteiger partial charge on any atom is -0.292 e. The van der Waals surface area contributed by atoms with Crippen molar-refractivity contribution < 1.29 is 4.79 Å². The number of fused-ring (bicyclic) bond motifs is 3. The third-order valence-corrected chi connectivity index (χ3v) is 5.84. The van der Waals surface area contributed by atoms with Crippen molar-refractivity contribution in [1.82, 2.24) is 19.8 Å². The van der Waals surface area contributed by atoms with E-state index in [1.165, 1.54) is 11.1 Å². The molecular weight excluding hydrogens is 384 g/mol. The van der Waals surface area contributed by atoms with E-state index in [9.17, 15) is 4.79 Å². The lowest BCUT2D eigenvalue weighted by molar-refractivity contribution is 0.0955. The lowest BCUT2D eigenvalue weighted by Gasteiger charge is -2.23. The first kappa shape index (κ1) is 18.0. The maximum Gasteiger partial charge on any atom is 0.185 e. The van der Waals surface area contributed by atoms with Crippen LogP contribution in [0.1, 0.15) is 45.3 Å². The highest BCUT2D eigenvalue weighted by Gasteiger charge is 2.31. The van der Waals surface area contributed by atoms with Gasteiger partial charge in [-0.2, -0.15) is 5.10 Å². The van der Waals surface area contributed by atoms with Gasteiger partial charge in [0.2, 0.25) is 0 Å². The first-order valence-electron chi connectivity index (χ1n) is 9.62. The van der Waals surface area contributed by atoms with E-state index >= 15 is 0 Å². The Kier molecular flexibility index (Phi) is 4.21. The second-order valence-electron chi connectivity index (χ2n) is 7.64. The maximum absolute atomic E-state index is 12.8. The van der Waals surface area contributed by atoms with Crippen molar-refractivity contribution in [2.45, 2.75) is 32.6 Å². The zero-order valence-electron chi connectivity index (χ0n) is 16.2. The molecule has 0 spiro atoms. The number of carbonyl (C=O) groups excluding carboxylic acids is 1. The van der Waals surface area contributed by atoms with Gasteiger partial charge in [-0.05, 0) is 49.4 Å². The molecule has 2 aromatic carbocycles. The summed E-state index contributed by atoms with van der Waals surface area (Å²) >= 11 is 6.04. The number of nitrogens with zero attached hydrogens (tertiary/aromatic N) is 4. The van der Waals surface area contributed by atoms with Gasteiger partial charge in [-0.1, -0.05) is 53.6 Å². The van der Waals surface area contributed by atoms with Gasteiger partial charge < -0.3 is 0 Å². The van der Waals surface area contributed by atoms with E-state index in [-0.39, 0.29) is 11.7 Å². The summed E-state index contributed by atoms with van der Waals surface area (Å²) in [7, 11) is 0. The Balaban J connectivity index is 1.66. The summed E-state index contributed by atoms with van der Waals surface area (Å²) < 4.78 is 1.81. The Bertz CT molecular complexity index is 1260. The molecule has 0 N–H and O–H groups in total. The predicted octanol–water partition coefficient (Wildman–Crippen LogP) is 4.97. The molecule has 144 valence electrons. The van der Waals surface area contributed by atoms with Gasteiger partial charge in [0.15, 0.2) is 17.1 Å². The van der Waals surface area contributed by atoms with Gasteiger partial charge >= 0.3 is 0 Å². The maximum atomic E-state index is 12.8. The van der Waals surface area contributed by atoms with E-state index in [4.69, 9.17) is 16.7 Å². The number of Topliss-reactive ketones (excluding diaryl/α,β-unsaturated/α-hetero) is 1. The summed E-state index contributed by atoms with van der Waals surface area (Å²) in [6, 6.07) is 16.0. The van der Waals surface area contributed by atoms with Crippen LogP contribution in [0.15, 0.2) is 48.5 Å². The standard InChI is InChI=1S/C23H19ClN4O/c1-13-4-3-5-16(10-13)17-11-19-22(20(29)12-17)25-26-23-21(14(2)27-28(19)23)15-6-8-18(24)9-7-15/h3-10,17H,11-12H2,1-2H3/t17-/m1/s1. The van der Waals surface area contributed by atoms with E-state index in [2.05, 4.69) is 35.3 Å². The molecule has 2 heterocycles. The fourth-order valence-electron chi connectivity index (χ4n) is 4.19. The molecule has 0 saturated carbocycles. The SMILES string of the molecule is Cc1cccc([C@H]2CC(=O)c3nnc4c(-c5ccc(Cl)cc5)c(C)nn4c3C2)c1. The largest absolute Gasteiger partial charge is 0.292 e. The smallest absolute Gasteiger partial charge is 0.185 e. The van der Waals surface area contributed by atoms with Gasteiger partial charge in [0.1, 0.15) is 0 Å². The Hall–Kier alpha value is -3.05. The topological polar surface area (TPSA) is 60.2 Å². The second-order valence-corrected chi connectivity index (χ2v) is 8.08. The van der Waals surface area contributed by atoms with E-state index in [1.807, 2.05) is 41.8 Å². The third-order valence-electron chi connectivity index (χ3n) is 5.59. The van der Waals surface area contributed by atoms with Crippen molar-refractivity contribution in [3.63, 3.8) is 0 Å². The minimum absolute atomic E-state index is 0.0216. The quantitative estimate of drug-likeness (QED) is 0.474. The Morgan fingerprint density at radius 3 is 2.59 bits per heavy atom. The van der Waals surface area contributed by atoms with E-state index in [0.29, 0.717) is 29.2 Å². The third kappa shape index (κ3) is 3.02. The molecule has 0 amide bonds. The van der Waals surface area contributed by atoms with Crippen LogP contribution < -0.4 is 0 Å². The summed E-state index contributed by atoms with van der Waals surface area (Å²) in [6.45, 7) is 4.02. The van der Waals surface area contributed by atoms with Crippen molar-refractivity contribution in [3.05, 3.63) is 81.8 Å². The molecular formula is C23H19ClN4O. The normalized spacial score (nSPS) is 16.2. The highest BCUT2D eigenvalue weighted by molar-refractivity contribution is 6.30. The lowest BCUT2D eigenvalue weighted by atomic mass is 9.83. The molecule has 0 aliphatic heterocycles.